The highest BCUT2D eigenvalue weighted by Crippen LogP contribution is 2.26. The van der Waals surface area contributed by atoms with E-state index in [9.17, 15) is 4.79 Å². The molecule has 8 heteroatoms. The van der Waals surface area contributed by atoms with Crippen molar-refractivity contribution in [2.75, 3.05) is 45.8 Å². The third-order valence-electron chi connectivity index (χ3n) is 6.11. The van der Waals surface area contributed by atoms with Crippen molar-refractivity contribution in [1.82, 2.24) is 20.4 Å². The van der Waals surface area contributed by atoms with Crippen molar-refractivity contribution in [3.8, 4) is 0 Å². The molecule has 3 rings (SSSR count). The third kappa shape index (κ3) is 8.53. The fourth-order valence-electron chi connectivity index (χ4n) is 4.43. The van der Waals surface area contributed by atoms with Gasteiger partial charge in [-0.1, -0.05) is 12.8 Å². The molecule has 0 aromatic carbocycles. The van der Waals surface area contributed by atoms with Crippen LogP contribution in [0.4, 0.5) is 0 Å². The number of amides is 1. The second-order valence-electron chi connectivity index (χ2n) is 8.67. The second-order valence-corrected chi connectivity index (χ2v) is 10.0. The molecule has 0 bridgehead atoms. The number of hydrogen-bond acceptors (Lipinski definition) is 4. The standard InChI is InChI=1S/C23H39N5OS.HI/c1-4-24-23(26-18(2)17-21-10-9-19(3)30-21)25-11-12-27-13-15-28(16-14-27)22(29)20-7-5-6-8-20;/h9-10,18,20H,4-8,11-17H2,1-3H3,(H2,24,25,26);1H. The van der Waals surface area contributed by atoms with E-state index in [-0.39, 0.29) is 24.0 Å². The highest BCUT2D eigenvalue weighted by Gasteiger charge is 2.29. The van der Waals surface area contributed by atoms with Crippen molar-refractivity contribution >= 4 is 47.2 Å². The average Bonchev–Trinajstić information content (AvgIpc) is 3.40. The van der Waals surface area contributed by atoms with E-state index in [2.05, 4.69) is 53.3 Å². The van der Waals surface area contributed by atoms with Gasteiger partial charge in [-0.3, -0.25) is 14.7 Å². The third-order valence-corrected chi connectivity index (χ3v) is 7.13. The summed E-state index contributed by atoms with van der Waals surface area (Å²) in [5, 5.41) is 6.91. The molecule has 1 unspecified atom stereocenters. The molecular weight excluding hydrogens is 521 g/mol. The molecule has 2 fully saturated rings. The highest BCUT2D eigenvalue weighted by atomic mass is 127. The van der Waals surface area contributed by atoms with Crippen molar-refractivity contribution in [3.05, 3.63) is 21.9 Å². The van der Waals surface area contributed by atoms with Crippen LogP contribution in [0.15, 0.2) is 17.1 Å². The van der Waals surface area contributed by atoms with Crippen LogP contribution in [0.1, 0.15) is 49.3 Å². The van der Waals surface area contributed by atoms with Crippen molar-refractivity contribution in [2.45, 2.75) is 58.9 Å². The molecule has 6 nitrogen and oxygen atoms in total. The number of piperazine rings is 1. The van der Waals surface area contributed by atoms with E-state index >= 15 is 0 Å². The maximum absolute atomic E-state index is 12.6. The molecule has 2 aliphatic rings. The summed E-state index contributed by atoms with van der Waals surface area (Å²) in [6.45, 7) is 12.7. The van der Waals surface area contributed by atoms with Gasteiger partial charge in [0.1, 0.15) is 0 Å². The number of aryl methyl sites for hydroxylation is 1. The summed E-state index contributed by atoms with van der Waals surface area (Å²) in [5.41, 5.74) is 0. The summed E-state index contributed by atoms with van der Waals surface area (Å²) in [6, 6.07) is 4.75. The van der Waals surface area contributed by atoms with Crippen molar-refractivity contribution in [2.24, 2.45) is 10.9 Å². The van der Waals surface area contributed by atoms with Gasteiger partial charge >= 0.3 is 0 Å². The van der Waals surface area contributed by atoms with E-state index in [1.807, 2.05) is 11.3 Å². The largest absolute Gasteiger partial charge is 0.357 e. The summed E-state index contributed by atoms with van der Waals surface area (Å²) < 4.78 is 0. The molecule has 1 aromatic rings. The van der Waals surface area contributed by atoms with Crippen LogP contribution < -0.4 is 10.6 Å². The Morgan fingerprint density at radius 1 is 1.23 bits per heavy atom. The molecule has 0 spiro atoms. The molecule has 1 saturated heterocycles. The first-order chi connectivity index (χ1) is 14.5. The second kappa shape index (κ2) is 13.6. The Morgan fingerprint density at radius 2 is 1.94 bits per heavy atom. The van der Waals surface area contributed by atoms with Gasteiger partial charge in [0.05, 0.1) is 6.54 Å². The molecule has 1 atom stereocenters. The maximum atomic E-state index is 12.6. The average molecular weight is 562 g/mol. The van der Waals surface area contributed by atoms with Crippen LogP contribution in [-0.4, -0.2) is 73.5 Å². The van der Waals surface area contributed by atoms with Crippen LogP contribution in [0.25, 0.3) is 0 Å². The number of rotatable bonds is 8. The van der Waals surface area contributed by atoms with Gasteiger partial charge in [0.15, 0.2) is 5.96 Å². The number of nitrogens with one attached hydrogen (secondary N) is 2. The Labute approximate surface area is 209 Å². The van der Waals surface area contributed by atoms with Crippen LogP contribution in [0.3, 0.4) is 0 Å². The number of halogens is 1. The fraction of sp³-hybridized carbons (Fsp3) is 0.739. The van der Waals surface area contributed by atoms with Crippen LogP contribution in [0, 0.1) is 12.8 Å². The maximum Gasteiger partial charge on any atom is 0.225 e. The van der Waals surface area contributed by atoms with Gasteiger partial charge in [-0.05, 0) is 45.7 Å². The van der Waals surface area contributed by atoms with E-state index in [1.165, 1.54) is 22.6 Å². The van der Waals surface area contributed by atoms with E-state index in [1.54, 1.807) is 0 Å². The van der Waals surface area contributed by atoms with Crippen LogP contribution >= 0.6 is 35.3 Å². The van der Waals surface area contributed by atoms with Gasteiger partial charge < -0.3 is 15.5 Å². The number of aliphatic imine (C=N–C) groups is 1. The summed E-state index contributed by atoms with van der Waals surface area (Å²) in [5.74, 6) is 1.60. The summed E-state index contributed by atoms with van der Waals surface area (Å²) in [4.78, 5) is 24.7. The molecule has 176 valence electrons. The zero-order chi connectivity index (χ0) is 21.3. The molecule has 0 radical (unpaired) electrons. The number of guanidine groups is 1. The number of carbonyl (C=O) groups is 1. The zero-order valence-electron chi connectivity index (χ0n) is 19.4. The number of thiophene rings is 1. The van der Waals surface area contributed by atoms with E-state index in [0.29, 0.717) is 17.9 Å². The van der Waals surface area contributed by atoms with Gasteiger partial charge in [-0.15, -0.1) is 35.3 Å². The lowest BCUT2D eigenvalue weighted by Crippen LogP contribution is -2.50. The van der Waals surface area contributed by atoms with Gasteiger partial charge in [-0.2, -0.15) is 0 Å². The Kier molecular flexibility index (Phi) is 11.6. The fourth-order valence-corrected chi connectivity index (χ4v) is 5.45. The van der Waals surface area contributed by atoms with Crippen molar-refractivity contribution in [3.63, 3.8) is 0 Å². The monoisotopic (exact) mass is 561 g/mol. The molecule has 1 aliphatic heterocycles. The smallest absolute Gasteiger partial charge is 0.225 e. The Balaban J connectivity index is 0.00000341. The Hall–Kier alpha value is -0.870. The van der Waals surface area contributed by atoms with E-state index in [0.717, 1.165) is 71.0 Å². The molecular formula is C23H40IN5OS. The summed E-state index contributed by atoms with van der Waals surface area (Å²) >= 11 is 1.87. The summed E-state index contributed by atoms with van der Waals surface area (Å²) in [7, 11) is 0. The van der Waals surface area contributed by atoms with Crippen LogP contribution in [-0.2, 0) is 11.2 Å². The molecule has 1 amide bonds. The first-order valence-electron chi connectivity index (χ1n) is 11.7. The first-order valence-corrected chi connectivity index (χ1v) is 12.5. The quantitative estimate of drug-likeness (QED) is 0.290. The topological polar surface area (TPSA) is 60.0 Å². The predicted molar refractivity (Wildman–Crippen MR) is 142 cm³/mol. The molecule has 2 heterocycles. The van der Waals surface area contributed by atoms with Crippen molar-refractivity contribution < 1.29 is 4.79 Å². The van der Waals surface area contributed by atoms with Crippen LogP contribution in [0.5, 0.6) is 0 Å². The normalized spacial score (nSPS) is 19.2. The lowest BCUT2D eigenvalue weighted by atomic mass is 10.1. The van der Waals surface area contributed by atoms with Crippen LogP contribution in [0.2, 0.25) is 0 Å². The lowest BCUT2D eigenvalue weighted by molar-refractivity contribution is -0.137. The minimum absolute atomic E-state index is 0. The predicted octanol–water partition coefficient (Wildman–Crippen LogP) is 3.50. The van der Waals surface area contributed by atoms with Gasteiger partial charge in [-0.25, -0.2) is 0 Å². The van der Waals surface area contributed by atoms with E-state index < -0.39 is 0 Å². The molecule has 1 aromatic heterocycles. The van der Waals surface area contributed by atoms with Crippen molar-refractivity contribution in [1.29, 1.82) is 0 Å². The highest BCUT2D eigenvalue weighted by molar-refractivity contribution is 14.0. The Morgan fingerprint density at radius 3 is 2.55 bits per heavy atom. The lowest BCUT2D eigenvalue weighted by Gasteiger charge is -2.35. The Bertz CT molecular complexity index is 696. The number of hydrogen-bond donors (Lipinski definition) is 2. The summed E-state index contributed by atoms with van der Waals surface area (Å²) in [6.07, 6.45) is 5.65. The van der Waals surface area contributed by atoms with E-state index in [4.69, 9.17) is 4.99 Å². The minimum atomic E-state index is 0. The zero-order valence-corrected chi connectivity index (χ0v) is 22.5. The van der Waals surface area contributed by atoms with Gasteiger partial charge in [0.25, 0.3) is 0 Å². The molecule has 31 heavy (non-hydrogen) atoms. The SMILES string of the molecule is CCNC(=NCCN1CCN(C(=O)C2CCCC2)CC1)NC(C)Cc1ccc(C)s1.I. The molecule has 1 aliphatic carbocycles. The minimum Gasteiger partial charge on any atom is -0.357 e. The van der Waals surface area contributed by atoms with Gasteiger partial charge in [0, 0.05) is 67.4 Å². The first kappa shape index (κ1) is 26.4. The number of nitrogens with zero attached hydrogens (tertiary/aromatic N) is 3. The molecule has 1 saturated carbocycles. The molecule has 2 N–H and O–H groups in total. The number of carbonyl (C=O) groups excluding carboxylic acids is 1. The van der Waals surface area contributed by atoms with Gasteiger partial charge in [0.2, 0.25) is 5.91 Å².